The molecular formula is C15H13BrF3NO. The maximum Gasteiger partial charge on any atom is 0.416 e. The molecule has 0 amide bonds. The predicted octanol–water partition coefficient (Wildman–Crippen LogP) is 4.45. The monoisotopic (exact) mass is 359 g/mol. The quantitative estimate of drug-likeness (QED) is 0.878. The molecule has 0 aliphatic rings. The SMILES string of the molecule is Cc1ccc(CC(O)c2cc(C(F)(F)F)ccc2Br)nc1. The Balaban J connectivity index is 2.26. The molecule has 1 unspecified atom stereocenters. The van der Waals surface area contributed by atoms with Gasteiger partial charge in [-0.05, 0) is 42.3 Å². The zero-order valence-corrected chi connectivity index (χ0v) is 12.7. The van der Waals surface area contributed by atoms with Crippen LogP contribution in [-0.4, -0.2) is 10.1 Å². The molecule has 1 aromatic carbocycles. The van der Waals surface area contributed by atoms with Crippen LogP contribution in [0.1, 0.15) is 28.5 Å². The number of aliphatic hydroxyl groups excluding tert-OH is 1. The van der Waals surface area contributed by atoms with Crippen molar-refractivity contribution < 1.29 is 18.3 Å². The first-order valence-electron chi connectivity index (χ1n) is 6.23. The van der Waals surface area contributed by atoms with E-state index in [1.54, 1.807) is 12.3 Å². The molecule has 1 atom stereocenters. The van der Waals surface area contributed by atoms with E-state index in [0.29, 0.717) is 10.2 Å². The molecule has 0 spiro atoms. The zero-order chi connectivity index (χ0) is 15.6. The number of rotatable bonds is 3. The number of aromatic nitrogens is 1. The van der Waals surface area contributed by atoms with Crippen molar-refractivity contribution in [1.82, 2.24) is 4.98 Å². The summed E-state index contributed by atoms with van der Waals surface area (Å²) in [5.74, 6) is 0. The highest BCUT2D eigenvalue weighted by molar-refractivity contribution is 9.10. The first-order valence-corrected chi connectivity index (χ1v) is 7.03. The third kappa shape index (κ3) is 4.04. The van der Waals surface area contributed by atoms with Crippen molar-refractivity contribution in [1.29, 1.82) is 0 Å². The summed E-state index contributed by atoms with van der Waals surface area (Å²) in [6.07, 6.45) is -3.68. The molecule has 21 heavy (non-hydrogen) atoms. The summed E-state index contributed by atoms with van der Waals surface area (Å²) in [5.41, 5.74) is 1.02. The molecule has 0 fully saturated rings. The first-order chi connectivity index (χ1) is 9.77. The lowest BCUT2D eigenvalue weighted by Gasteiger charge is -2.15. The Morgan fingerprint density at radius 2 is 1.95 bits per heavy atom. The molecule has 0 saturated carbocycles. The van der Waals surface area contributed by atoms with Crippen LogP contribution in [0.2, 0.25) is 0 Å². The van der Waals surface area contributed by atoms with E-state index in [-0.39, 0.29) is 12.0 Å². The van der Waals surface area contributed by atoms with E-state index in [9.17, 15) is 18.3 Å². The largest absolute Gasteiger partial charge is 0.416 e. The van der Waals surface area contributed by atoms with Crippen molar-refractivity contribution in [3.8, 4) is 0 Å². The topological polar surface area (TPSA) is 33.1 Å². The normalized spacial score (nSPS) is 13.2. The number of nitrogens with zero attached hydrogens (tertiary/aromatic N) is 1. The number of halogens is 4. The highest BCUT2D eigenvalue weighted by atomic mass is 79.9. The summed E-state index contributed by atoms with van der Waals surface area (Å²) < 4.78 is 38.6. The molecule has 2 nitrogen and oxygen atoms in total. The van der Waals surface area contributed by atoms with Gasteiger partial charge in [0, 0.05) is 22.8 Å². The molecule has 0 aliphatic carbocycles. The highest BCUT2D eigenvalue weighted by Crippen LogP contribution is 2.34. The molecule has 112 valence electrons. The molecular weight excluding hydrogens is 347 g/mol. The van der Waals surface area contributed by atoms with Gasteiger partial charge in [-0.2, -0.15) is 13.2 Å². The van der Waals surface area contributed by atoms with Crippen LogP contribution < -0.4 is 0 Å². The summed E-state index contributed by atoms with van der Waals surface area (Å²) in [7, 11) is 0. The summed E-state index contributed by atoms with van der Waals surface area (Å²) in [6, 6.07) is 6.83. The van der Waals surface area contributed by atoms with Crippen molar-refractivity contribution in [3.63, 3.8) is 0 Å². The second-order valence-corrected chi connectivity index (χ2v) is 5.64. The maximum atomic E-state index is 12.7. The fourth-order valence-electron chi connectivity index (χ4n) is 1.90. The van der Waals surface area contributed by atoms with Gasteiger partial charge in [-0.1, -0.05) is 22.0 Å². The maximum absolute atomic E-state index is 12.7. The third-order valence-electron chi connectivity index (χ3n) is 3.06. The van der Waals surface area contributed by atoms with Gasteiger partial charge in [0.1, 0.15) is 0 Å². The van der Waals surface area contributed by atoms with E-state index >= 15 is 0 Å². The van der Waals surface area contributed by atoms with Crippen LogP contribution in [-0.2, 0) is 12.6 Å². The second-order valence-electron chi connectivity index (χ2n) is 4.78. The fraction of sp³-hybridized carbons (Fsp3) is 0.267. The Hall–Kier alpha value is -1.40. The average Bonchev–Trinajstić information content (AvgIpc) is 2.40. The molecule has 0 radical (unpaired) electrons. The van der Waals surface area contributed by atoms with Gasteiger partial charge in [-0.25, -0.2) is 0 Å². The van der Waals surface area contributed by atoms with Crippen LogP contribution in [0.5, 0.6) is 0 Å². The van der Waals surface area contributed by atoms with Crippen LogP contribution in [0, 0.1) is 6.92 Å². The Kier molecular flexibility index (Phi) is 4.68. The minimum atomic E-state index is -4.43. The molecule has 1 N–H and O–H groups in total. The lowest BCUT2D eigenvalue weighted by Crippen LogP contribution is -2.09. The molecule has 1 heterocycles. The van der Waals surface area contributed by atoms with Gasteiger partial charge in [0.25, 0.3) is 0 Å². The van der Waals surface area contributed by atoms with Gasteiger partial charge in [-0.15, -0.1) is 0 Å². The van der Waals surface area contributed by atoms with Gasteiger partial charge in [0.2, 0.25) is 0 Å². The Morgan fingerprint density at radius 1 is 1.24 bits per heavy atom. The number of alkyl halides is 3. The summed E-state index contributed by atoms with van der Waals surface area (Å²) in [5, 5.41) is 10.2. The van der Waals surface area contributed by atoms with Crippen LogP contribution in [0.4, 0.5) is 13.2 Å². The van der Waals surface area contributed by atoms with Crippen molar-refractivity contribution in [2.24, 2.45) is 0 Å². The minimum absolute atomic E-state index is 0.153. The van der Waals surface area contributed by atoms with E-state index < -0.39 is 17.8 Å². The Bertz CT molecular complexity index is 626. The predicted molar refractivity (Wildman–Crippen MR) is 76.8 cm³/mol. The van der Waals surface area contributed by atoms with E-state index in [1.165, 1.54) is 6.07 Å². The number of pyridine rings is 1. The lowest BCUT2D eigenvalue weighted by molar-refractivity contribution is -0.137. The van der Waals surface area contributed by atoms with Gasteiger partial charge in [0.15, 0.2) is 0 Å². The molecule has 6 heteroatoms. The second kappa shape index (κ2) is 6.15. The molecule has 0 bridgehead atoms. The minimum Gasteiger partial charge on any atom is -0.388 e. The Morgan fingerprint density at radius 3 is 2.52 bits per heavy atom. The Labute approximate surface area is 128 Å². The average molecular weight is 360 g/mol. The van der Waals surface area contributed by atoms with Crippen LogP contribution >= 0.6 is 15.9 Å². The molecule has 1 aromatic heterocycles. The number of aliphatic hydroxyl groups is 1. The van der Waals surface area contributed by atoms with Gasteiger partial charge < -0.3 is 5.11 Å². The van der Waals surface area contributed by atoms with Crippen molar-refractivity contribution in [3.05, 3.63) is 63.4 Å². The van der Waals surface area contributed by atoms with Crippen LogP contribution in [0.15, 0.2) is 41.0 Å². The number of benzene rings is 1. The zero-order valence-electron chi connectivity index (χ0n) is 11.2. The van der Waals surface area contributed by atoms with E-state index in [4.69, 9.17) is 0 Å². The van der Waals surface area contributed by atoms with Crippen molar-refractivity contribution in [2.75, 3.05) is 0 Å². The van der Waals surface area contributed by atoms with Crippen molar-refractivity contribution >= 4 is 15.9 Å². The molecule has 2 aromatic rings. The van der Waals surface area contributed by atoms with E-state index in [2.05, 4.69) is 20.9 Å². The summed E-state index contributed by atoms with van der Waals surface area (Å²) >= 11 is 3.18. The van der Waals surface area contributed by atoms with Gasteiger partial charge in [0.05, 0.1) is 11.7 Å². The van der Waals surface area contributed by atoms with E-state index in [0.717, 1.165) is 17.7 Å². The summed E-state index contributed by atoms with van der Waals surface area (Å²) in [6.45, 7) is 1.89. The lowest BCUT2D eigenvalue weighted by atomic mass is 10.0. The summed E-state index contributed by atoms with van der Waals surface area (Å²) in [4.78, 5) is 4.15. The number of hydrogen-bond acceptors (Lipinski definition) is 2. The van der Waals surface area contributed by atoms with Crippen molar-refractivity contribution in [2.45, 2.75) is 25.6 Å². The molecule has 0 saturated heterocycles. The van der Waals surface area contributed by atoms with Gasteiger partial charge in [-0.3, -0.25) is 4.98 Å². The first kappa shape index (κ1) is 16.0. The molecule has 0 aliphatic heterocycles. The number of aryl methyl sites for hydroxylation is 1. The fourth-order valence-corrected chi connectivity index (χ4v) is 2.41. The van der Waals surface area contributed by atoms with E-state index in [1.807, 2.05) is 13.0 Å². The standard InChI is InChI=1S/C15H13BrF3NO/c1-9-2-4-11(20-8-9)7-14(21)12-6-10(15(17,18)19)3-5-13(12)16/h2-6,8,14,21H,7H2,1H3. The highest BCUT2D eigenvalue weighted by Gasteiger charge is 2.31. The van der Waals surface area contributed by atoms with Gasteiger partial charge >= 0.3 is 6.18 Å². The third-order valence-corrected chi connectivity index (χ3v) is 3.78. The smallest absolute Gasteiger partial charge is 0.388 e. The number of hydrogen-bond donors (Lipinski definition) is 1. The molecule has 2 rings (SSSR count). The van der Waals surface area contributed by atoms with Crippen LogP contribution in [0.25, 0.3) is 0 Å². The van der Waals surface area contributed by atoms with Crippen LogP contribution in [0.3, 0.4) is 0 Å².